The summed E-state index contributed by atoms with van der Waals surface area (Å²) in [7, 11) is 2.89. The first-order valence-electron chi connectivity index (χ1n) is 6.74. The highest BCUT2D eigenvalue weighted by Crippen LogP contribution is 2.28. The molecule has 0 spiro atoms. The molecular weight excluding hydrogens is 301 g/mol. The van der Waals surface area contributed by atoms with E-state index in [2.05, 4.69) is 0 Å². The highest BCUT2D eigenvalue weighted by Gasteiger charge is 2.21. The van der Waals surface area contributed by atoms with Crippen LogP contribution in [-0.2, 0) is 0 Å². The average Bonchev–Trinajstić information content (AvgIpc) is 2.58. The second-order valence-electron chi connectivity index (χ2n) is 4.91. The number of methoxy groups -OCH3 is 2. The standard InChI is InChI=1S/C17H16FNO4/c1-9-15(18)14(6-11(8-20)16(9)19)17(21)10-4-12(22-2)7-13(5-10)23-3/h4-8H,19H2,1-3H3. The molecule has 5 nitrogen and oxygen atoms in total. The van der Waals surface area contributed by atoms with Crippen LogP contribution < -0.4 is 15.2 Å². The second kappa shape index (κ2) is 6.48. The Kier molecular flexibility index (Phi) is 4.64. The number of hydrogen-bond acceptors (Lipinski definition) is 5. The van der Waals surface area contributed by atoms with Gasteiger partial charge < -0.3 is 15.2 Å². The lowest BCUT2D eigenvalue weighted by atomic mass is 9.96. The Bertz CT molecular complexity index is 764. The first-order chi connectivity index (χ1) is 10.9. The van der Waals surface area contributed by atoms with E-state index in [-0.39, 0.29) is 27.9 Å². The molecule has 0 aliphatic rings. The maximum atomic E-state index is 14.4. The molecular formula is C17H16FNO4. The van der Waals surface area contributed by atoms with Crippen LogP contribution in [0.25, 0.3) is 0 Å². The zero-order valence-corrected chi connectivity index (χ0v) is 13.0. The van der Waals surface area contributed by atoms with Crippen molar-refractivity contribution < 1.29 is 23.5 Å². The van der Waals surface area contributed by atoms with Crippen molar-refractivity contribution in [2.45, 2.75) is 6.92 Å². The number of ether oxygens (including phenoxy) is 2. The van der Waals surface area contributed by atoms with E-state index in [1.54, 1.807) is 6.07 Å². The predicted molar refractivity (Wildman–Crippen MR) is 83.9 cm³/mol. The molecule has 0 saturated heterocycles. The summed E-state index contributed by atoms with van der Waals surface area (Å²) in [6.45, 7) is 1.42. The Labute approximate surface area is 132 Å². The van der Waals surface area contributed by atoms with E-state index in [9.17, 15) is 14.0 Å². The number of rotatable bonds is 5. The largest absolute Gasteiger partial charge is 0.497 e. The normalized spacial score (nSPS) is 10.3. The van der Waals surface area contributed by atoms with Crippen LogP contribution in [0, 0.1) is 12.7 Å². The number of benzene rings is 2. The number of hydrogen-bond donors (Lipinski definition) is 1. The van der Waals surface area contributed by atoms with Crippen LogP contribution in [0.5, 0.6) is 11.5 Å². The predicted octanol–water partition coefficient (Wildman–Crippen LogP) is 2.78. The molecule has 0 radical (unpaired) electrons. The summed E-state index contributed by atoms with van der Waals surface area (Å²) >= 11 is 0. The van der Waals surface area contributed by atoms with Gasteiger partial charge in [0, 0.05) is 28.4 Å². The molecule has 2 aromatic rings. The summed E-state index contributed by atoms with van der Waals surface area (Å²) in [5.41, 5.74) is 5.78. The van der Waals surface area contributed by atoms with Gasteiger partial charge in [-0.1, -0.05) is 0 Å². The van der Waals surface area contributed by atoms with Crippen molar-refractivity contribution in [3.8, 4) is 11.5 Å². The van der Waals surface area contributed by atoms with Gasteiger partial charge in [-0.05, 0) is 25.1 Å². The van der Waals surface area contributed by atoms with Crippen molar-refractivity contribution in [1.82, 2.24) is 0 Å². The maximum Gasteiger partial charge on any atom is 0.196 e. The van der Waals surface area contributed by atoms with E-state index in [0.29, 0.717) is 17.8 Å². The lowest BCUT2D eigenvalue weighted by molar-refractivity contribution is 0.103. The fourth-order valence-electron chi connectivity index (χ4n) is 2.19. The van der Waals surface area contributed by atoms with Crippen LogP contribution in [0.15, 0.2) is 24.3 Å². The van der Waals surface area contributed by atoms with Crippen molar-refractivity contribution in [2.24, 2.45) is 0 Å². The summed E-state index contributed by atoms with van der Waals surface area (Å²) in [6, 6.07) is 5.68. The highest BCUT2D eigenvalue weighted by molar-refractivity contribution is 6.11. The summed E-state index contributed by atoms with van der Waals surface area (Å²) in [5.74, 6) is -0.544. The molecule has 0 aliphatic heterocycles. The number of nitrogen functional groups attached to an aromatic ring is 1. The van der Waals surface area contributed by atoms with Gasteiger partial charge in [-0.2, -0.15) is 0 Å². The lowest BCUT2D eigenvalue weighted by Crippen LogP contribution is -2.10. The molecule has 2 N–H and O–H groups in total. The molecule has 6 heteroatoms. The van der Waals surface area contributed by atoms with Crippen molar-refractivity contribution >= 4 is 17.8 Å². The molecule has 0 amide bonds. The van der Waals surface area contributed by atoms with E-state index in [4.69, 9.17) is 15.2 Å². The number of aldehydes is 1. The van der Waals surface area contributed by atoms with Crippen LogP contribution in [0.1, 0.15) is 31.8 Å². The van der Waals surface area contributed by atoms with Gasteiger partial charge in [-0.3, -0.25) is 9.59 Å². The third-order valence-corrected chi connectivity index (χ3v) is 3.57. The van der Waals surface area contributed by atoms with Crippen LogP contribution in [-0.4, -0.2) is 26.3 Å². The minimum atomic E-state index is -0.750. The van der Waals surface area contributed by atoms with Gasteiger partial charge in [0.25, 0.3) is 0 Å². The number of ketones is 1. The topological polar surface area (TPSA) is 78.6 Å². The number of nitrogens with two attached hydrogens (primary N) is 1. The molecule has 0 aliphatic carbocycles. The van der Waals surface area contributed by atoms with Crippen LogP contribution in [0.3, 0.4) is 0 Å². The van der Waals surface area contributed by atoms with Gasteiger partial charge in [0.2, 0.25) is 0 Å². The van der Waals surface area contributed by atoms with Gasteiger partial charge in [0.1, 0.15) is 17.3 Å². The molecule has 120 valence electrons. The fraction of sp³-hybridized carbons (Fsp3) is 0.176. The van der Waals surface area contributed by atoms with E-state index in [0.717, 1.165) is 6.07 Å². The molecule has 0 bridgehead atoms. The highest BCUT2D eigenvalue weighted by atomic mass is 19.1. The number of carbonyl (C=O) groups is 2. The zero-order valence-electron chi connectivity index (χ0n) is 13.0. The van der Waals surface area contributed by atoms with Crippen LogP contribution in [0.4, 0.5) is 10.1 Å². The minimum absolute atomic E-state index is 0.0253. The SMILES string of the molecule is COc1cc(OC)cc(C(=O)c2cc(C=O)c(N)c(C)c2F)c1. The van der Waals surface area contributed by atoms with E-state index < -0.39 is 11.6 Å². The summed E-state index contributed by atoms with van der Waals surface area (Å²) in [4.78, 5) is 23.7. The van der Waals surface area contributed by atoms with Crippen molar-refractivity contribution in [3.63, 3.8) is 0 Å². The average molecular weight is 317 g/mol. The number of anilines is 1. The number of halogens is 1. The molecule has 0 atom stereocenters. The van der Waals surface area contributed by atoms with Gasteiger partial charge in [-0.25, -0.2) is 4.39 Å². The van der Waals surface area contributed by atoms with E-state index >= 15 is 0 Å². The molecule has 23 heavy (non-hydrogen) atoms. The minimum Gasteiger partial charge on any atom is -0.497 e. The first-order valence-corrected chi connectivity index (χ1v) is 6.74. The van der Waals surface area contributed by atoms with Gasteiger partial charge in [0.05, 0.1) is 19.8 Å². The second-order valence-corrected chi connectivity index (χ2v) is 4.91. The number of carbonyl (C=O) groups excluding carboxylic acids is 2. The molecule has 0 unspecified atom stereocenters. The summed E-state index contributed by atoms with van der Waals surface area (Å²) < 4.78 is 24.6. The monoisotopic (exact) mass is 317 g/mol. The Morgan fingerprint density at radius 1 is 1.13 bits per heavy atom. The molecule has 0 saturated carbocycles. The van der Waals surface area contributed by atoms with E-state index in [1.165, 1.54) is 33.3 Å². The lowest BCUT2D eigenvalue weighted by Gasteiger charge is -2.11. The Balaban J connectivity index is 2.61. The third kappa shape index (κ3) is 3.01. The van der Waals surface area contributed by atoms with Crippen molar-refractivity contribution in [1.29, 1.82) is 0 Å². The molecule has 0 aromatic heterocycles. The fourth-order valence-corrected chi connectivity index (χ4v) is 2.19. The third-order valence-electron chi connectivity index (χ3n) is 3.57. The summed E-state index contributed by atoms with van der Waals surface area (Å²) in [6.07, 6.45) is 0.491. The Morgan fingerprint density at radius 2 is 1.70 bits per heavy atom. The Hall–Kier alpha value is -2.89. The molecule has 0 fully saturated rings. The first kappa shape index (κ1) is 16.5. The summed E-state index contributed by atoms with van der Waals surface area (Å²) in [5, 5.41) is 0. The maximum absolute atomic E-state index is 14.4. The molecule has 0 heterocycles. The van der Waals surface area contributed by atoms with Crippen LogP contribution in [0.2, 0.25) is 0 Å². The quantitative estimate of drug-likeness (QED) is 0.521. The van der Waals surface area contributed by atoms with Crippen molar-refractivity contribution in [2.75, 3.05) is 20.0 Å². The van der Waals surface area contributed by atoms with Crippen molar-refractivity contribution in [3.05, 3.63) is 52.3 Å². The van der Waals surface area contributed by atoms with Gasteiger partial charge in [-0.15, -0.1) is 0 Å². The van der Waals surface area contributed by atoms with Gasteiger partial charge in [0.15, 0.2) is 12.1 Å². The van der Waals surface area contributed by atoms with Gasteiger partial charge >= 0.3 is 0 Å². The van der Waals surface area contributed by atoms with Crippen LogP contribution >= 0.6 is 0 Å². The zero-order chi connectivity index (χ0) is 17.1. The molecule has 2 rings (SSSR count). The molecule has 2 aromatic carbocycles. The van der Waals surface area contributed by atoms with E-state index in [1.807, 2.05) is 0 Å². The Morgan fingerprint density at radius 3 is 2.17 bits per heavy atom. The smallest absolute Gasteiger partial charge is 0.196 e.